The lowest BCUT2D eigenvalue weighted by molar-refractivity contribution is 1.45. The van der Waals surface area contributed by atoms with E-state index >= 15 is 0 Å². The zero-order valence-corrected chi connectivity index (χ0v) is 14.4. The fourth-order valence-electron chi connectivity index (χ4n) is 1.58. The molecule has 7 heteroatoms. The Labute approximate surface area is 145 Å². The molecule has 0 aliphatic heterocycles. The topological polar surface area (TPSA) is 0 Å². The van der Waals surface area contributed by atoms with Crippen molar-refractivity contribution in [2.75, 3.05) is 0 Å². The van der Waals surface area contributed by atoms with Gasteiger partial charge in [-0.25, -0.2) is 0 Å². The van der Waals surface area contributed by atoms with Gasteiger partial charge in [-0.1, -0.05) is 69.6 Å². The first-order chi connectivity index (χ1) is 8.82. The maximum atomic E-state index is 6.20. The second-order valence-corrected chi connectivity index (χ2v) is 6.47. The second kappa shape index (κ2) is 6.11. The Kier molecular flexibility index (Phi) is 5.12. The summed E-state index contributed by atoms with van der Waals surface area (Å²) >= 11 is 40.6. The van der Waals surface area contributed by atoms with Crippen LogP contribution in [0.2, 0.25) is 30.1 Å². The van der Waals surface area contributed by atoms with Crippen molar-refractivity contribution in [3.05, 3.63) is 48.3 Å². The van der Waals surface area contributed by atoms with Gasteiger partial charge in [-0.2, -0.15) is 0 Å². The molecule has 0 bridgehead atoms. The van der Waals surface area contributed by atoms with E-state index in [1.807, 2.05) is 0 Å². The fourth-order valence-corrected chi connectivity index (χ4v) is 3.55. The van der Waals surface area contributed by atoms with Gasteiger partial charge >= 0.3 is 0 Å². The maximum Gasteiger partial charge on any atom is 0.0805 e. The van der Waals surface area contributed by atoms with Crippen molar-refractivity contribution in [3.8, 4) is 11.1 Å². The molecule has 2 aromatic rings. The first kappa shape index (κ1) is 15.9. The minimum absolute atomic E-state index is 0.162. The third-order valence-corrected chi connectivity index (χ3v) is 5.21. The summed E-state index contributed by atoms with van der Waals surface area (Å²) < 4.78 is 0. The van der Waals surface area contributed by atoms with Gasteiger partial charge in [0.1, 0.15) is 0 Å². The Morgan fingerprint density at radius 2 is 1.11 bits per heavy atom. The van der Waals surface area contributed by atoms with E-state index in [2.05, 4.69) is 12.6 Å². The highest BCUT2D eigenvalue weighted by Gasteiger charge is 2.20. The summed E-state index contributed by atoms with van der Waals surface area (Å²) in [6, 6.07) is 4.99. The standard InChI is InChI=1S/C12H4Cl6S/c13-5-1-4(2-6(14)3-5)7-8(15)9(16)10(17)11(18)12(7)19/h1-3,19H. The average Bonchev–Trinajstić information content (AvgIpc) is 2.33. The van der Waals surface area contributed by atoms with Crippen molar-refractivity contribution in [2.24, 2.45) is 0 Å². The SMILES string of the molecule is Sc1c(Cl)c(Cl)c(Cl)c(Cl)c1-c1cc(Cl)cc(Cl)c1. The third-order valence-electron chi connectivity index (χ3n) is 2.39. The molecule has 0 radical (unpaired) electrons. The quantitative estimate of drug-likeness (QED) is 0.289. The molecule has 0 nitrogen and oxygen atoms in total. The van der Waals surface area contributed by atoms with Crippen LogP contribution < -0.4 is 0 Å². The first-order valence-electron chi connectivity index (χ1n) is 4.84. The highest BCUT2D eigenvalue weighted by Crippen LogP contribution is 2.47. The molecule has 0 spiro atoms. The van der Waals surface area contributed by atoms with E-state index in [9.17, 15) is 0 Å². The molecular weight excluding hydrogens is 389 g/mol. The Balaban J connectivity index is 2.82. The summed E-state index contributed by atoms with van der Waals surface area (Å²) in [5.74, 6) is 0. The molecule has 0 aromatic heterocycles. The van der Waals surface area contributed by atoms with Crippen molar-refractivity contribution in [1.29, 1.82) is 0 Å². The molecule has 0 fully saturated rings. The zero-order chi connectivity index (χ0) is 14.3. The lowest BCUT2D eigenvalue weighted by atomic mass is 10.1. The van der Waals surface area contributed by atoms with E-state index in [0.29, 0.717) is 26.1 Å². The van der Waals surface area contributed by atoms with Gasteiger partial charge in [0.15, 0.2) is 0 Å². The van der Waals surface area contributed by atoms with Gasteiger partial charge in [-0.05, 0) is 23.8 Å². The van der Waals surface area contributed by atoms with Crippen LogP contribution in [0.3, 0.4) is 0 Å². The number of halogens is 6. The molecule has 0 saturated heterocycles. The number of hydrogen-bond acceptors (Lipinski definition) is 1. The van der Waals surface area contributed by atoms with Crippen molar-refractivity contribution >= 4 is 82.2 Å². The summed E-state index contributed by atoms with van der Waals surface area (Å²) in [7, 11) is 0. The molecule has 0 N–H and O–H groups in total. The van der Waals surface area contributed by atoms with E-state index in [1.165, 1.54) is 0 Å². The molecular formula is C12H4Cl6S. The summed E-state index contributed by atoms with van der Waals surface area (Å²) in [4.78, 5) is 0.416. The molecule has 0 unspecified atom stereocenters. The van der Waals surface area contributed by atoms with E-state index < -0.39 is 0 Å². The molecule has 2 rings (SSSR count). The van der Waals surface area contributed by atoms with Crippen LogP contribution in [0.15, 0.2) is 23.1 Å². The number of hydrogen-bond donors (Lipinski definition) is 1. The minimum Gasteiger partial charge on any atom is -0.141 e. The predicted octanol–water partition coefficient (Wildman–Crippen LogP) is 7.56. The van der Waals surface area contributed by atoms with Gasteiger partial charge in [0, 0.05) is 20.5 Å². The zero-order valence-electron chi connectivity index (χ0n) is 8.95. The number of benzene rings is 2. The summed E-state index contributed by atoms with van der Waals surface area (Å²) in [5, 5.41) is 1.74. The average molecular weight is 393 g/mol. The van der Waals surface area contributed by atoms with Gasteiger partial charge in [0.25, 0.3) is 0 Å². The summed E-state index contributed by atoms with van der Waals surface area (Å²) in [6.45, 7) is 0. The molecule has 19 heavy (non-hydrogen) atoms. The molecule has 2 aromatic carbocycles. The normalized spacial score (nSPS) is 10.9. The van der Waals surface area contributed by atoms with Crippen molar-refractivity contribution in [2.45, 2.75) is 4.90 Å². The predicted molar refractivity (Wildman–Crippen MR) is 89.2 cm³/mol. The Morgan fingerprint density at radius 1 is 0.632 bits per heavy atom. The second-order valence-electron chi connectivity index (χ2n) is 3.64. The molecule has 0 atom stereocenters. The van der Waals surface area contributed by atoms with Crippen LogP contribution in [0.1, 0.15) is 0 Å². The summed E-state index contributed by atoms with van der Waals surface area (Å²) in [5.41, 5.74) is 1.20. The van der Waals surface area contributed by atoms with Gasteiger partial charge in [0.2, 0.25) is 0 Å². The highest BCUT2D eigenvalue weighted by molar-refractivity contribution is 7.80. The monoisotopic (exact) mass is 390 g/mol. The lowest BCUT2D eigenvalue weighted by Gasteiger charge is -2.14. The Bertz CT molecular complexity index is 618. The first-order valence-corrected chi connectivity index (χ1v) is 7.55. The number of thiol groups is 1. The minimum atomic E-state index is 0.162. The van der Waals surface area contributed by atoms with Crippen molar-refractivity contribution in [1.82, 2.24) is 0 Å². The molecule has 100 valence electrons. The molecule has 0 saturated carbocycles. The highest BCUT2D eigenvalue weighted by atomic mass is 35.5. The van der Waals surface area contributed by atoms with Gasteiger partial charge < -0.3 is 0 Å². The fraction of sp³-hybridized carbons (Fsp3) is 0. The Morgan fingerprint density at radius 3 is 1.63 bits per heavy atom. The van der Waals surface area contributed by atoms with Crippen LogP contribution in [0.5, 0.6) is 0 Å². The van der Waals surface area contributed by atoms with Crippen LogP contribution in [-0.4, -0.2) is 0 Å². The Hall–Kier alpha value is 0.530. The summed E-state index contributed by atoms with van der Waals surface area (Å²) in [6.07, 6.45) is 0. The van der Waals surface area contributed by atoms with E-state index in [1.54, 1.807) is 18.2 Å². The van der Waals surface area contributed by atoms with Gasteiger partial charge in [-0.15, -0.1) is 12.6 Å². The molecule has 0 aliphatic rings. The van der Waals surface area contributed by atoms with Crippen LogP contribution in [0.4, 0.5) is 0 Å². The van der Waals surface area contributed by atoms with Gasteiger partial charge in [0.05, 0.1) is 20.1 Å². The lowest BCUT2D eigenvalue weighted by Crippen LogP contribution is -1.88. The van der Waals surface area contributed by atoms with Crippen LogP contribution in [0, 0.1) is 0 Å². The van der Waals surface area contributed by atoms with E-state index in [-0.39, 0.29) is 20.1 Å². The number of rotatable bonds is 1. The molecule has 0 heterocycles. The van der Waals surface area contributed by atoms with Crippen molar-refractivity contribution < 1.29 is 0 Å². The molecule has 0 amide bonds. The van der Waals surface area contributed by atoms with Crippen LogP contribution >= 0.6 is 82.2 Å². The smallest absolute Gasteiger partial charge is 0.0805 e. The largest absolute Gasteiger partial charge is 0.141 e. The third kappa shape index (κ3) is 3.08. The van der Waals surface area contributed by atoms with Crippen LogP contribution in [-0.2, 0) is 0 Å². The van der Waals surface area contributed by atoms with Gasteiger partial charge in [-0.3, -0.25) is 0 Å². The van der Waals surface area contributed by atoms with Crippen LogP contribution in [0.25, 0.3) is 11.1 Å². The van der Waals surface area contributed by atoms with E-state index in [0.717, 1.165) is 0 Å². The van der Waals surface area contributed by atoms with E-state index in [4.69, 9.17) is 69.6 Å². The maximum absolute atomic E-state index is 6.20. The van der Waals surface area contributed by atoms with Crippen molar-refractivity contribution in [3.63, 3.8) is 0 Å². The molecule has 0 aliphatic carbocycles.